The summed E-state index contributed by atoms with van der Waals surface area (Å²) in [5, 5.41) is 3.25. The predicted molar refractivity (Wildman–Crippen MR) is 72.9 cm³/mol. The van der Waals surface area contributed by atoms with Gasteiger partial charge in [-0.25, -0.2) is 0 Å². The zero-order valence-electron chi connectivity index (χ0n) is 10.1. The summed E-state index contributed by atoms with van der Waals surface area (Å²) in [7, 11) is 0. The van der Waals surface area contributed by atoms with E-state index >= 15 is 0 Å². The number of hydrogen-bond acceptors (Lipinski definition) is 3. The maximum Gasteiger partial charge on any atom is 0.251 e. The van der Waals surface area contributed by atoms with Crippen molar-refractivity contribution in [3.63, 3.8) is 0 Å². The average molecular weight is 264 g/mol. The molecule has 96 valence electrons. The summed E-state index contributed by atoms with van der Waals surface area (Å²) in [4.78, 5) is 24.1. The molecule has 2 amide bonds. The second kappa shape index (κ2) is 5.35. The molecule has 1 aromatic heterocycles. The highest BCUT2D eigenvalue weighted by atomic mass is 32.1. The first-order valence-corrected chi connectivity index (χ1v) is 6.83. The Bertz CT molecular complexity index is 505. The number of anilines is 1. The molecule has 0 aromatic carbocycles. The number of amides is 2. The summed E-state index contributed by atoms with van der Waals surface area (Å²) in [5.41, 5.74) is 6.97. The Hall–Kier alpha value is -1.62. The van der Waals surface area contributed by atoms with Crippen LogP contribution in [-0.2, 0) is 17.6 Å². The predicted octanol–water partition coefficient (Wildman–Crippen LogP) is 2.24. The van der Waals surface area contributed by atoms with Gasteiger partial charge >= 0.3 is 0 Å². The van der Waals surface area contributed by atoms with Crippen molar-refractivity contribution < 1.29 is 9.59 Å². The second-order valence-corrected chi connectivity index (χ2v) is 5.43. The van der Waals surface area contributed by atoms with Gasteiger partial charge in [0.2, 0.25) is 5.91 Å². The van der Waals surface area contributed by atoms with E-state index in [1.807, 2.05) is 0 Å². The largest absolute Gasteiger partial charge is 0.365 e. The SMILES string of the molecule is C=CC(=O)Nc1sc2c(c1C(N)=O)CCCCC2. The molecule has 3 N–H and O–H groups in total. The van der Waals surface area contributed by atoms with Crippen LogP contribution in [0.5, 0.6) is 0 Å². The summed E-state index contributed by atoms with van der Waals surface area (Å²) in [6.07, 6.45) is 6.39. The van der Waals surface area contributed by atoms with Gasteiger partial charge in [-0.2, -0.15) is 0 Å². The van der Waals surface area contributed by atoms with Crippen molar-refractivity contribution in [1.29, 1.82) is 0 Å². The van der Waals surface area contributed by atoms with Crippen molar-refractivity contribution >= 4 is 28.2 Å². The number of nitrogens with one attached hydrogen (secondary N) is 1. The van der Waals surface area contributed by atoms with Crippen LogP contribution < -0.4 is 11.1 Å². The average Bonchev–Trinajstić information content (AvgIpc) is 2.51. The maximum absolute atomic E-state index is 11.6. The fourth-order valence-electron chi connectivity index (χ4n) is 2.25. The van der Waals surface area contributed by atoms with Crippen molar-refractivity contribution in [3.05, 3.63) is 28.7 Å². The van der Waals surface area contributed by atoms with Gasteiger partial charge in [-0.15, -0.1) is 11.3 Å². The lowest BCUT2D eigenvalue weighted by atomic mass is 10.1. The van der Waals surface area contributed by atoms with Crippen molar-refractivity contribution in [3.8, 4) is 0 Å². The van der Waals surface area contributed by atoms with Crippen LogP contribution in [0.15, 0.2) is 12.7 Å². The number of carbonyl (C=O) groups excluding carboxylic acids is 2. The van der Waals surface area contributed by atoms with Gasteiger partial charge in [0.1, 0.15) is 5.00 Å². The minimum atomic E-state index is -0.464. The molecule has 0 saturated carbocycles. The van der Waals surface area contributed by atoms with E-state index in [-0.39, 0.29) is 5.91 Å². The first kappa shape index (κ1) is 12.8. The summed E-state index contributed by atoms with van der Waals surface area (Å²) >= 11 is 1.47. The fourth-order valence-corrected chi connectivity index (χ4v) is 3.55. The number of nitrogens with two attached hydrogens (primary N) is 1. The Kier molecular flexibility index (Phi) is 3.81. The van der Waals surface area contributed by atoms with Crippen molar-refractivity contribution in [2.24, 2.45) is 5.73 Å². The quantitative estimate of drug-likeness (QED) is 0.649. The lowest BCUT2D eigenvalue weighted by Crippen LogP contribution is -2.16. The first-order chi connectivity index (χ1) is 8.63. The number of thiophene rings is 1. The maximum atomic E-state index is 11.6. The van der Waals surface area contributed by atoms with E-state index in [9.17, 15) is 9.59 Å². The molecule has 0 spiro atoms. The molecular formula is C13H16N2O2S. The third-order valence-corrected chi connectivity index (χ3v) is 4.30. The highest BCUT2D eigenvalue weighted by Gasteiger charge is 2.23. The smallest absolute Gasteiger partial charge is 0.251 e. The van der Waals surface area contributed by atoms with Crippen LogP contribution >= 0.6 is 11.3 Å². The van der Waals surface area contributed by atoms with E-state index in [4.69, 9.17) is 5.73 Å². The monoisotopic (exact) mass is 264 g/mol. The van der Waals surface area contributed by atoms with Crippen molar-refractivity contribution in [2.45, 2.75) is 32.1 Å². The van der Waals surface area contributed by atoms with Crippen LogP contribution in [0.4, 0.5) is 5.00 Å². The molecule has 1 aliphatic rings. The summed E-state index contributed by atoms with van der Waals surface area (Å²) in [6.45, 7) is 3.40. The van der Waals surface area contributed by atoms with Gasteiger partial charge in [0.25, 0.3) is 5.91 Å². The molecule has 0 fully saturated rings. The van der Waals surface area contributed by atoms with Crippen LogP contribution in [0.25, 0.3) is 0 Å². The Morgan fingerprint density at radius 1 is 1.28 bits per heavy atom. The van der Waals surface area contributed by atoms with Gasteiger partial charge < -0.3 is 11.1 Å². The van der Waals surface area contributed by atoms with Crippen molar-refractivity contribution in [1.82, 2.24) is 0 Å². The molecule has 0 saturated heterocycles. The van der Waals surface area contributed by atoms with E-state index in [1.54, 1.807) is 0 Å². The third-order valence-electron chi connectivity index (χ3n) is 3.09. The highest BCUT2D eigenvalue weighted by molar-refractivity contribution is 7.17. The topological polar surface area (TPSA) is 72.2 Å². The zero-order chi connectivity index (χ0) is 13.1. The molecule has 5 heteroatoms. The van der Waals surface area contributed by atoms with E-state index in [0.717, 1.165) is 31.2 Å². The number of fused-ring (bicyclic) bond motifs is 1. The molecule has 1 aromatic rings. The Morgan fingerprint density at radius 3 is 2.67 bits per heavy atom. The Balaban J connectivity index is 2.43. The number of aryl methyl sites for hydroxylation is 1. The number of rotatable bonds is 3. The van der Waals surface area contributed by atoms with Crippen LogP contribution in [0.3, 0.4) is 0 Å². The lowest BCUT2D eigenvalue weighted by molar-refractivity contribution is -0.111. The molecule has 0 unspecified atom stereocenters. The molecule has 1 aliphatic carbocycles. The molecular weight excluding hydrogens is 248 g/mol. The normalized spacial score (nSPS) is 14.4. The minimum Gasteiger partial charge on any atom is -0.365 e. The second-order valence-electron chi connectivity index (χ2n) is 4.33. The molecule has 0 bridgehead atoms. The lowest BCUT2D eigenvalue weighted by Gasteiger charge is -2.03. The minimum absolute atomic E-state index is 0.311. The van der Waals surface area contributed by atoms with Gasteiger partial charge in [0.05, 0.1) is 5.56 Å². The molecule has 1 heterocycles. The Morgan fingerprint density at radius 2 is 2.00 bits per heavy atom. The van der Waals surface area contributed by atoms with E-state index in [1.165, 1.54) is 28.7 Å². The van der Waals surface area contributed by atoms with Gasteiger partial charge in [-0.3, -0.25) is 9.59 Å². The fraction of sp³-hybridized carbons (Fsp3) is 0.385. The molecule has 4 nitrogen and oxygen atoms in total. The number of primary amides is 1. The standard InChI is InChI=1S/C13H16N2O2S/c1-2-10(16)15-13-11(12(14)17)8-6-4-3-5-7-9(8)18-13/h2H,1,3-7H2,(H2,14,17)(H,15,16). The van der Waals surface area contributed by atoms with Crippen molar-refractivity contribution in [2.75, 3.05) is 5.32 Å². The van der Waals surface area contributed by atoms with Gasteiger partial charge in [0, 0.05) is 4.88 Å². The van der Waals surface area contributed by atoms with E-state index < -0.39 is 5.91 Å². The summed E-state index contributed by atoms with van der Waals surface area (Å²) in [6, 6.07) is 0. The first-order valence-electron chi connectivity index (χ1n) is 6.01. The van der Waals surface area contributed by atoms with Gasteiger partial charge in [0.15, 0.2) is 0 Å². The van der Waals surface area contributed by atoms with Gasteiger partial charge in [-0.05, 0) is 37.3 Å². The molecule has 0 aliphatic heterocycles. The third kappa shape index (κ3) is 2.46. The molecule has 2 rings (SSSR count). The van der Waals surface area contributed by atoms with E-state index in [0.29, 0.717) is 10.6 Å². The number of hydrogen-bond donors (Lipinski definition) is 2. The van der Waals surface area contributed by atoms with Crippen LogP contribution in [0, 0.1) is 0 Å². The van der Waals surface area contributed by atoms with Crippen LogP contribution in [0.2, 0.25) is 0 Å². The highest BCUT2D eigenvalue weighted by Crippen LogP contribution is 2.37. The van der Waals surface area contributed by atoms with Crippen LogP contribution in [-0.4, -0.2) is 11.8 Å². The Labute approximate surface area is 110 Å². The molecule has 0 radical (unpaired) electrons. The van der Waals surface area contributed by atoms with Gasteiger partial charge in [-0.1, -0.05) is 13.0 Å². The van der Waals surface area contributed by atoms with Crippen LogP contribution in [0.1, 0.15) is 40.1 Å². The number of carbonyl (C=O) groups is 2. The summed E-state index contributed by atoms with van der Waals surface area (Å²) in [5.74, 6) is -0.775. The molecule has 18 heavy (non-hydrogen) atoms. The zero-order valence-corrected chi connectivity index (χ0v) is 10.9. The summed E-state index contributed by atoms with van der Waals surface area (Å²) < 4.78 is 0. The van der Waals surface area contributed by atoms with E-state index in [2.05, 4.69) is 11.9 Å². The molecule has 0 atom stereocenters.